The van der Waals surface area contributed by atoms with Gasteiger partial charge < -0.3 is 9.11 Å². The molecule has 0 spiro atoms. The van der Waals surface area contributed by atoms with Crippen LogP contribution in [0.5, 0.6) is 0 Å². The summed E-state index contributed by atoms with van der Waals surface area (Å²) in [5.41, 5.74) is 0. The summed E-state index contributed by atoms with van der Waals surface area (Å²) < 4.78 is 93.4. The normalized spacial score (nSPS) is 12.1. The van der Waals surface area contributed by atoms with E-state index in [9.17, 15) is 34.4 Å². The largest absolute Gasteiger partial charge is 1.00 e. The molecule has 29 heavy (non-hydrogen) atoms. The van der Waals surface area contributed by atoms with Crippen molar-refractivity contribution in [3.63, 3.8) is 0 Å². The van der Waals surface area contributed by atoms with E-state index in [2.05, 4.69) is 0 Å². The number of hydrogen-bond acceptors (Lipinski definition) is 8. The molecule has 148 valence electrons. The van der Waals surface area contributed by atoms with E-state index in [4.69, 9.17) is 46.4 Å². The fraction of sp³-hybridized carbons (Fsp3) is 0. The van der Waals surface area contributed by atoms with E-state index >= 15 is 0 Å². The van der Waals surface area contributed by atoms with Crippen LogP contribution in [0.1, 0.15) is 0 Å². The van der Waals surface area contributed by atoms with Gasteiger partial charge in [-0.25, -0.2) is 25.3 Å². The summed E-state index contributed by atoms with van der Waals surface area (Å²) in [5, 5.41) is -1.99. The van der Waals surface area contributed by atoms with Crippen molar-refractivity contribution in [2.24, 2.45) is 0 Å². The van der Waals surface area contributed by atoms with Crippen LogP contribution in [-0.2, 0) is 30.1 Å². The van der Waals surface area contributed by atoms with Crippen molar-refractivity contribution in [2.75, 3.05) is 0 Å². The molecule has 0 aliphatic heterocycles. The summed E-state index contributed by atoms with van der Waals surface area (Å²) in [4.78, 5) is -4.52. The SMILES string of the molecule is O=S(=O)([O-])c1cc(S(=O)(=O)c2cc(Cl)c(Cl)cc2Cl)cc(S(=O)(=O)[O-])c1Cl.[K+].[K+]. The maximum Gasteiger partial charge on any atom is 1.00 e. The van der Waals surface area contributed by atoms with Crippen LogP contribution in [0.15, 0.2) is 43.8 Å². The summed E-state index contributed by atoms with van der Waals surface area (Å²) in [5.74, 6) is 0. The third kappa shape index (κ3) is 7.31. The van der Waals surface area contributed by atoms with E-state index in [0.29, 0.717) is 12.1 Å². The molecular formula is C12H4Cl4K2O8S3. The van der Waals surface area contributed by atoms with Gasteiger partial charge in [-0.15, -0.1) is 0 Å². The Morgan fingerprint density at radius 3 is 1.34 bits per heavy atom. The van der Waals surface area contributed by atoms with Crippen molar-refractivity contribution in [3.8, 4) is 0 Å². The van der Waals surface area contributed by atoms with Crippen molar-refractivity contribution in [2.45, 2.75) is 19.6 Å². The van der Waals surface area contributed by atoms with Crippen LogP contribution in [0.25, 0.3) is 0 Å². The van der Waals surface area contributed by atoms with Crippen molar-refractivity contribution in [1.82, 2.24) is 0 Å². The Morgan fingerprint density at radius 1 is 0.586 bits per heavy atom. The Morgan fingerprint density at radius 2 is 0.966 bits per heavy atom. The van der Waals surface area contributed by atoms with Crippen LogP contribution in [0.2, 0.25) is 20.1 Å². The minimum absolute atomic E-state index is 0. The summed E-state index contributed by atoms with van der Waals surface area (Å²) >= 11 is 22.8. The first kappa shape index (κ1) is 31.6. The van der Waals surface area contributed by atoms with E-state index in [1.54, 1.807) is 0 Å². The van der Waals surface area contributed by atoms with Crippen LogP contribution in [0, 0.1) is 0 Å². The topological polar surface area (TPSA) is 149 Å². The molecule has 0 saturated heterocycles. The zero-order valence-corrected chi connectivity index (χ0v) is 26.0. The molecule has 0 aliphatic rings. The van der Waals surface area contributed by atoms with Gasteiger partial charge in [0, 0.05) is 0 Å². The second kappa shape index (κ2) is 11.4. The molecular weight excluding hydrogens is 588 g/mol. The molecule has 0 radical (unpaired) electrons. The average Bonchev–Trinajstić information content (AvgIpc) is 2.48. The van der Waals surface area contributed by atoms with Gasteiger partial charge in [-0.1, -0.05) is 46.4 Å². The van der Waals surface area contributed by atoms with Gasteiger partial charge in [0.1, 0.15) is 20.2 Å². The Bertz CT molecular complexity index is 1230. The van der Waals surface area contributed by atoms with Crippen molar-refractivity contribution in [1.29, 1.82) is 0 Å². The number of sulfone groups is 1. The van der Waals surface area contributed by atoms with Crippen LogP contribution in [0.3, 0.4) is 0 Å². The van der Waals surface area contributed by atoms with E-state index in [0.717, 1.165) is 12.1 Å². The predicted molar refractivity (Wildman–Crippen MR) is 94.3 cm³/mol. The summed E-state index contributed by atoms with van der Waals surface area (Å²) in [7, 11) is -15.6. The van der Waals surface area contributed by atoms with Crippen LogP contribution in [0.4, 0.5) is 0 Å². The average molecular weight is 592 g/mol. The molecule has 0 bridgehead atoms. The quantitative estimate of drug-likeness (QED) is 0.207. The molecule has 0 heterocycles. The van der Waals surface area contributed by atoms with Crippen molar-refractivity contribution < 1.29 is 137 Å². The standard InChI is InChI=1S/C12H6Cl4O8S3.2K/c13-6-3-8(15)9(4-7(6)14)25(17,18)5-1-10(26(19,20)21)12(16)11(2-5)27(22,23)24;;/h1-4H,(H,19,20,21)(H,22,23,24);;/q;2*+1/p-2. The fourth-order valence-electron chi connectivity index (χ4n) is 1.90. The van der Waals surface area contributed by atoms with E-state index in [1.807, 2.05) is 0 Å². The number of hydrogen-bond donors (Lipinski definition) is 0. The van der Waals surface area contributed by atoms with Gasteiger partial charge in [-0.2, -0.15) is 0 Å². The molecule has 2 rings (SSSR count). The smallest absolute Gasteiger partial charge is 0.744 e. The van der Waals surface area contributed by atoms with Crippen LogP contribution in [-0.4, -0.2) is 34.4 Å². The second-order valence-electron chi connectivity index (χ2n) is 4.84. The van der Waals surface area contributed by atoms with Crippen LogP contribution >= 0.6 is 46.4 Å². The first-order valence-corrected chi connectivity index (χ1v) is 12.0. The minimum atomic E-state index is -5.44. The Balaban J connectivity index is 0.00000392. The van der Waals surface area contributed by atoms with E-state index < -0.39 is 59.7 Å². The fourth-order valence-corrected chi connectivity index (χ4v) is 6.30. The molecule has 0 saturated carbocycles. The van der Waals surface area contributed by atoms with E-state index in [-0.39, 0.29) is 113 Å². The Hall–Kier alpha value is 2.64. The molecule has 0 unspecified atom stereocenters. The molecule has 0 aromatic heterocycles. The minimum Gasteiger partial charge on any atom is -0.744 e. The molecule has 0 atom stereocenters. The van der Waals surface area contributed by atoms with Gasteiger partial charge in [-0.3, -0.25) is 0 Å². The molecule has 0 aliphatic carbocycles. The molecule has 8 nitrogen and oxygen atoms in total. The number of benzene rings is 2. The van der Waals surface area contributed by atoms with Gasteiger partial charge in [0.05, 0.1) is 39.7 Å². The second-order valence-corrected chi connectivity index (χ2v) is 11.1. The van der Waals surface area contributed by atoms with Gasteiger partial charge in [0.25, 0.3) is 0 Å². The third-order valence-corrected chi connectivity index (χ3v) is 8.37. The van der Waals surface area contributed by atoms with Crippen molar-refractivity contribution in [3.05, 3.63) is 44.4 Å². The molecule has 0 amide bonds. The van der Waals surface area contributed by atoms with Crippen molar-refractivity contribution >= 4 is 76.5 Å². The molecule has 0 N–H and O–H groups in total. The summed E-state index contributed by atoms with van der Waals surface area (Å²) in [6.45, 7) is 0. The Labute approximate surface area is 271 Å². The summed E-state index contributed by atoms with van der Waals surface area (Å²) in [6, 6.07) is 2.43. The maximum atomic E-state index is 12.8. The first-order chi connectivity index (χ1) is 12.1. The van der Waals surface area contributed by atoms with Gasteiger partial charge in [0.15, 0.2) is 0 Å². The van der Waals surface area contributed by atoms with E-state index in [1.165, 1.54) is 0 Å². The first-order valence-electron chi connectivity index (χ1n) is 6.22. The van der Waals surface area contributed by atoms with Crippen LogP contribution < -0.4 is 103 Å². The number of rotatable bonds is 4. The monoisotopic (exact) mass is 590 g/mol. The Kier molecular flexibility index (Phi) is 12.4. The zero-order chi connectivity index (χ0) is 20.9. The van der Waals surface area contributed by atoms with Gasteiger partial charge >= 0.3 is 103 Å². The predicted octanol–water partition coefficient (Wildman–Crippen LogP) is -3.05. The van der Waals surface area contributed by atoms with Gasteiger partial charge in [0.2, 0.25) is 9.84 Å². The molecule has 0 fully saturated rings. The number of halogens is 4. The molecule has 2 aromatic rings. The maximum absolute atomic E-state index is 12.8. The molecule has 17 heteroatoms. The summed E-state index contributed by atoms with van der Waals surface area (Å²) in [6.07, 6.45) is 0. The van der Waals surface area contributed by atoms with Gasteiger partial charge in [-0.05, 0) is 24.3 Å². The zero-order valence-electron chi connectivity index (χ0n) is 14.3. The molecule has 2 aromatic carbocycles. The third-order valence-electron chi connectivity index (χ3n) is 3.09.